The quantitative estimate of drug-likeness (QED) is 0.728. The molecule has 5 atom stereocenters. The summed E-state index contributed by atoms with van der Waals surface area (Å²) in [6, 6.07) is 0. The van der Waals surface area contributed by atoms with Crippen LogP contribution in [0.25, 0.3) is 0 Å². The van der Waals surface area contributed by atoms with Crippen LogP contribution in [0.5, 0.6) is 0 Å². The van der Waals surface area contributed by atoms with Gasteiger partial charge in [-0.3, -0.25) is 4.79 Å². The molecular formula is C15H24O3. The number of aliphatic hydroxyl groups excluding tert-OH is 1. The molecule has 3 nitrogen and oxygen atoms in total. The van der Waals surface area contributed by atoms with Crippen molar-refractivity contribution >= 4 is 5.78 Å². The molecule has 1 N–H and O–H groups in total. The van der Waals surface area contributed by atoms with E-state index in [1.54, 1.807) is 0 Å². The van der Waals surface area contributed by atoms with Gasteiger partial charge in [0, 0.05) is 18.4 Å². The number of ether oxygens (including phenoxy) is 1. The van der Waals surface area contributed by atoms with Gasteiger partial charge in [0.2, 0.25) is 0 Å². The van der Waals surface area contributed by atoms with Crippen molar-refractivity contribution in [3.05, 3.63) is 0 Å². The average molecular weight is 252 g/mol. The Morgan fingerprint density at radius 3 is 2.56 bits per heavy atom. The Balaban J connectivity index is 2.08. The second-order valence-corrected chi connectivity index (χ2v) is 7.60. The van der Waals surface area contributed by atoms with Crippen molar-refractivity contribution in [3.63, 3.8) is 0 Å². The van der Waals surface area contributed by atoms with Gasteiger partial charge in [-0.2, -0.15) is 0 Å². The number of carbonyl (C=O) groups excluding carboxylic acids is 1. The molecule has 3 aliphatic rings. The Labute approximate surface area is 109 Å². The number of ketones is 1. The molecule has 0 amide bonds. The molecule has 1 heterocycles. The standard InChI is InChI=1S/C15H24O3/c1-13(2)6-5-7-14(3)9(8-16)15(4)12(18-15)10(17)11(13)14/h9,11-12,16H,5-8H2,1-4H3/t9-,11+,12+,14+,15-/m1/s1. The summed E-state index contributed by atoms with van der Waals surface area (Å²) in [4.78, 5) is 12.7. The first kappa shape index (κ1) is 12.6. The van der Waals surface area contributed by atoms with E-state index in [1.807, 2.05) is 6.92 Å². The smallest absolute Gasteiger partial charge is 0.168 e. The molecule has 0 spiro atoms. The Morgan fingerprint density at radius 2 is 1.94 bits per heavy atom. The van der Waals surface area contributed by atoms with E-state index in [4.69, 9.17) is 4.74 Å². The zero-order valence-electron chi connectivity index (χ0n) is 11.8. The van der Waals surface area contributed by atoms with Gasteiger partial charge in [-0.15, -0.1) is 0 Å². The van der Waals surface area contributed by atoms with Crippen LogP contribution in [-0.2, 0) is 9.53 Å². The van der Waals surface area contributed by atoms with E-state index >= 15 is 0 Å². The number of hydrogen-bond donors (Lipinski definition) is 1. The fraction of sp³-hybridized carbons (Fsp3) is 0.933. The molecule has 2 aliphatic carbocycles. The lowest BCUT2D eigenvalue weighted by atomic mass is 9.46. The first-order valence-electron chi connectivity index (χ1n) is 7.10. The van der Waals surface area contributed by atoms with Crippen LogP contribution in [0.15, 0.2) is 0 Å². The average Bonchev–Trinajstić information content (AvgIpc) is 2.89. The molecule has 3 heteroatoms. The third kappa shape index (κ3) is 1.30. The van der Waals surface area contributed by atoms with Gasteiger partial charge < -0.3 is 9.84 Å². The number of rotatable bonds is 1. The zero-order chi connectivity index (χ0) is 13.3. The summed E-state index contributed by atoms with van der Waals surface area (Å²) in [7, 11) is 0. The Kier molecular flexibility index (Phi) is 2.36. The van der Waals surface area contributed by atoms with Crippen LogP contribution >= 0.6 is 0 Å². The van der Waals surface area contributed by atoms with Crippen molar-refractivity contribution in [2.75, 3.05) is 6.61 Å². The van der Waals surface area contributed by atoms with Gasteiger partial charge in [-0.05, 0) is 30.6 Å². The molecule has 1 saturated heterocycles. The van der Waals surface area contributed by atoms with Gasteiger partial charge in [0.1, 0.15) is 11.7 Å². The number of hydrogen-bond acceptors (Lipinski definition) is 3. The second kappa shape index (κ2) is 3.37. The highest BCUT2D eigenvalue weighted by Crippen LogP contribution is 2.66. The summed E-state index contributed by atoms with van der Waals surface area (Å²) in [5.74, 6) is 0.420. The van der Waals surface area contributed by atoms with E-state index in [-0.39, 0.29) is 41.2 Å². The topological polar surface area (TPSA) is 49.8 Å². The number of fused-ring (bicyclic) bond motifs is 2. The second-order valence-electron chi connectivity index (χ2n) is 7.60. The number of Topliss-reactive ketones (excluding diaryl/α,β-unsaturated/α-hetero) is 1. The molecule has 0 radical (unpaired) electrons. The molecule has 0 aromatic carbocycles. The van der Waals surface area contributed by atoms with E-state index in [9.17, 15) is 9.90 Å². The van der Waals surface area contributed by atoms with Gasteiger partial charge >= 0.3 is 0 Å². The SMILES string of the molecule is CC1(C)CCC[C@@]2(C)[C@@H](CO)[C@@]3(C)O[C@H]3C(=O)[C@@H]12. The highest BCUT2D eigenvalue weighted by molar-refractivity contribution is 5.92. The Hall–Kier alpha value is -0.410. The van der Waals surface area contributed by atoms with Crippen molar-refractivity contribution in [3.8, 4) is 0 Å². The van der Waals surface area contributed by atoms with E-state index in [1.165, 1.54) is 0 Å². The first-order valence-corrected chi connectivity index (χ1v) is 7.10. The summed E-state index contributed by atoms with van der Waals surface area (Å²) in [5.41, 5.74) is -0.468. The van der Waals surface area contributed by atoms with Crippen LogP contribution in [0.3, 0.4) is 0 Å². The largest absolute Gasteiger partial charge is 0.396 e. The van der Waals surface area contributed by atoms with Crippen LogP contribution in [0.4, 0.5) is 0 Å². The van der Waals surface area contributed by atoms with Crippen LogP contribution in [0.2, 0.25) is 0 Å². The third-order valence-corrected chi connectivity index (χ3v) is 6.03. The van der Waals surface area contributed by atoms with Crippen molar-refractivity contribution in [2.45, 2.75) is 58.7 Å². The fourth-order valence-electron chi connectivity index (χ4n) is 5.21. The van der Waals surface area contributed by atoms with Crippen LogP contribution in [0, 0.1) is 22.7 Å². The maximum atomic E-state index is 12.7. The molecule has 3 fully saturated rings. The zero-order valence-corrected chi connectivity index (χ0v) is 11.8. The third-order valence-electron chi connectivity index (χ3n) is 6.03. The monoisotopic (exact) mass is 252 g/mol. The Morgan fingerprint density at radius 1 is 1.28 bits per heavy atom. The minimum absolute atomic E-state index is 0.0325. The number of aliphatic hydroxyl groups is 1. The van der Waals surface area contributed by atoms with Gasteiger partial charge in [0.25, 0.3) is 0 Å². The lowest BCUT2D eigenvalue weighted by molar-refractivity contribution is -0.149. The van der Waals surface area contributed by atoms with E-state index in [2.05, 4.69) is 20.8 Å². The lowest BCUT2D eigenvalue weighted by Gasteiger charge is -2.56. The molecule has 0 aromatic heterocycles. The minimum atomic E-state index is -0.398. The van der Waals surface area contributed by atoms with Crippen molar-refractivity contribution in [1.82, 2.24) is 0 Å². The van der Waals surface area contributed by atoms with Crippen LogP contribution in [0.1, 0.15) is 47.0 Å². The van der Waals surface area contributed by atoms with Gasteiger partial charge in [-0.25, -0.2) is 0 Å². The summed E-state index contributed by atoms with van der Waals surface area (Å²) in [6.07, 6.45) is 3.01. The highest BCUT2D eigenvalue weighted by Gasteiger charge is 2.74. The maximum absolute atomic E-state index is 12.7. The van der Waals surface area contributed by atoms with Crippen LogP contribution < -0.4 is 0 Å². The summed E-state index contributed by atoms with van der Waals surface area (Å²) < 4.78 is 5.72. The summed E-state index contributed by atoms with van der Waals surface area (Å²) >= 11 is 0. The first-order chi connectivity index (χ1) is 8.27. The van der Waals surface area contributed by atoms with Gasteiger partial charge in [0.15, 0.2) is 5.78 Å². The predicted octanol–water partition coefficient (Wildman–Crippen LogP) is 2.17. The van der Waals surface area contributed by atoms with E-state index in [0.29, 0.717) is 0 Å². The van der Waals surface area contributed by atoms with Crippen LogP contribution in [-0.4, -0.2) is 29.2 Å². The molecule has 3 rings (SSSR count). The fourth-order valence-corrected chi connectivity index (χ4v) is 5.21. The van der Waals surface area contributed by atoms with Crippen molar-refractivity contribution < 1.29 is 14.6 Å². The normalized spacial score (nSPS) is 53.6. The molecule has 1 aliphatic heterocycles. The molecule has 2 saturated carbocycles. The summed E-state index contributed by atoms with van der Waals surface area (Å²) in [5, 5.41) is 9.82. The van der Waals surface area contributed by atoms with E-state index in [0.717, 1.165) is 19.3 Å². The van der Waals surface area contributed by atoms with Gasteiger partial charge in [-0.1, -0.05) is 27.2 Å². The van der Waals surface area contributed by atoms with E-state index < -0.39 is 5.60 Å². The van der Waals surface area contributed by atoms with Gasteiger partial charge in [0.05, 0.1) is 0 Å². The number of carbonyl (C=O) groups is 1. The minimum Gasteiger partial charge on any atom is -0.396 e. The maximum Gasteiger partial charge on any atom is 0.168 e. The van der Waals surface area contributed by atoms with Crippen molar-refractivity contribution in [2.24, 2.45) is 22.7 Å². The van der Waals surface area contributed by atoms with Crippen molar-refractivity contribution in [1.29, 1.82) is 0 Å². The predicted molar refractivity (Wildman–Crippen MR) is 68.1 cm³/mol. The number of epoxide rings is 1. The Bertz CT molecular complexity index is 403. The highest BCUT2D eigenvalue weighted by atomic mass is 16.6. The molecule has 102 valence electrons. The molecule has 0 unspecified atom stereocenters. The lowest BCUT2D eigenvalue weighted by Crippen LogP contribution is -2.59. The molecular weight excluding hydrogens is 228 g/mol. The summed E-state index contributed by atoms with van der Waals surface area (Å²) in [6.45, 7) is 8.72. The molecule has 18 heavy (non-hydrogen) atoms. The molecule has 0 bridgehead atoms. The molecule has 0 aromatic rings.